The summed E-state index contributed by atoms with van der Waals surface area (Å²) in [6.45, 7) is 1.97. The first-order valence-corrected chi connectivity index (χ1v) is 6.85. The van der Waals surface area contributed by atoms with Crippen molar-refractivity contribution in [1.29, 1.82) is 0 Å². The van der Waals surface area contributed by atoms with Crippen LogP contribution < -0.4 is 5.32 Å². The summed E-state index contributed by atoms with van der Waals surface area (Å²) in [6, 6.07) is -0.930. The van der Waals surface area contributed by atoms with E-state index in [0.29, 0.717) is 6.42 Å². The van der Waals surface area contributed by atoms with Gasteiger partial charge in [-0.1, -0.05) is 32.6 Å². The number of hydrogen-bond donors (Lipinski definition) is 2. The molecular weight excluding hydrogens is 248 g/mol. The van der Waals surface area contributed by atoms with Crippen LogP contribution in [0.2, 0.25) is 0 Å². The molecular formula is C13H22N2O4. The number of carbonyl (C=O) groups excluding carboxylic acids is 2. The Kier molecular flexibility index (Phi) is 6.32. The van der Waals surface area contributed by atoms with E-state index in [1.807, 2.05) is 0 Å². The minimum Gasteiger partial charge on any atom is -0.480 e. The Labute approximate surface area is 113 Å². The number of hydrogen-bond acceptors (Lipinski definition) is 3. The third-order valence-corrected chi connectivity index (χ3v) is 3.28. The number of nitrogens with zero attached hydrogens (tertiary/aromatic N) is 1. The molecule has 6 heteroatoms. The summed E-state index contributed by atoms with van der Waals surface area (Å²) in [5, 5.41) is 11.5. The molecule has 1 heterocycles. The van der Waals surface area contributed by atoms with Crippen LogP contribution in [0.3, 0.4) is 0 Å². The average Bonchev–Trinajstić information content (AvgIpc) is 2.37. The zero-order valence-corrected chi connectivity index (χ0v) is 11.4. The maximum atomic E-state index is 12.0. The van der Waals surface area contributed by atoms with Crippen molar-refractivity contribution < 1.29 is 19.5 Å². The Morgan fingerprint density at radius 3 is 2.63 bits per heavy atom. The summed E-state index contributed by atoms with van der Waals surface area (Å²) >= 11 is 0. The van der Waals surface area contributed by atoms with Crippen LogP contribution >= 0.6 is 0 Å². The summed E-state index contributed by atoms with van der Waals surface area (Å²) in [5.41, 5.74) is 0. The lowest BCUT2D eigenvalue weighted by Crippen LogP contribution is -2.59. The van der Waals surface area contributed by atoms with Gasteiger partial charge in [0.2, 0.25) is 11.8 Å². The topological polar surface area (TPSA) is 86.7 Å². The maximum absolute atomic E-state index is 12.0. The third-order valence-electron chi connectivity index (χ3n) is 3.28. The van der Waals surface area contributed by atoms with Crippen LogP contribution in [0.4, 0.5) is 0 Å². The first kappa shape index (κ1) is 15.5. The van der Waals surface area contributed by atoms with Gasteiger partial charge in [-0.2, -0.15) is 0 Å². The van der Waals surface area contributed by atoms with Gasteiger partial charge < -0.3 is 15.3 Å². The summed E-state index contributed by atoms with van der Waals surface area (Å²) < 4.78 is 0. The number of amides is 2. The van der Waals surface area contributed by atoms with E-state index < -0.39 is 12.0 Å². The van der Waals surface area contributed by atoms with Gasteiger partial charge in [-0.15, -0.1) is 0 Å². The highest BCUT2D eigenvalue weighted by molar-refractivity contribution is 5.91. The highest BCUT2D eigenvalue weighted by Gasteiger charge is 2.34. The Morgan fingerprint density at radius 1 is 1.32 bits per heavy atom. The van der Waals surface area contributed by atoms with E-state index in [2.05, 4.69) is 12.2 Å². The van der Waals surface area contributed by atoms with Gasteiger partial charge in [-0.25, -0.2) is 4.79 Å². The Bertz CT molecular complexity index is 344. The molecule has 0 spiro atoms. The first-order valence-electron chi connectivity index (χ1n) is 6.85. The molecule has 0 aliphatic carbocycles. The Balaban J connectivity index is 2.42. The number of aliphatic carboxylic acids is 1. The van der Waals surface area contributed by atoms with Crippen molar-refractivity contribution in [3.05, 3.63) is 0 Å². The normalized spacial score (nSPS) is 19.1. The summed E-state index contributed by atoms with van der Waals surface area (Å²) in [4.78, 5) is 35.5. The van der Waals surface area contributed by atoms with Gasteiger partial charge in [0.05, 0.1) is 0 Å². The quantitative estimate of drug-likeness (QED) is 0.669. The van der Waals surface area contributed by atoms with E-state index in [1.165, 1.54) is 4.90 Å². The average molecular weight is 270 g/mol. The van der Waals surface area contributed by atoms with E-state index in [0.717, 1.165) is 32.1 Å². The standard InChI is InChI=1S/C13H22N2O4/c1-2-3-4-5-6-7-12(17)15-9-11(16)14-8-10(15)13(18)19/h10H,2-9H2,1H3,(H,14,16)(H,18,19). The van der Waals surface area contributed by atoms with Crippen LogP contribution in [0.25, 0.3) is 0 Å². The fraction of sp³-hybridized carbons (Fsp3) is 0.769. The fourth-order valence-electron chi connectivity index (χ4n) is 2.15. The maximum Gasteiger partial charge on any atom is 0.328 e. The monoisotopic (exact) mass is 270 g/mol. The molecule has 1 aliphatic rings. The molecule has 2 amide bonds. The van der Waals surface area contributed by atoms with Crippen LogP contribution in [-0.4, -0.2) is 46.9 Å². The molecule has 1 rings (SSSR count). The van der Waals surface area contributed by atoms with Crippen LogP contribution in [0.15, 0.2) is 0 Å². The SMILES string of the molecule is CCCCCCCC(=O)N1CC(=O)NCC1C(=O)O. The molecule has 0 bridgehead atoms. The molecule has 1 unspecified atom stereocenters. The molecule has 1 aliphatic heterocycles. The third kappa shape index (κ3) is 4.89. The first-order chi connectivity index (χ1) is 9.06. The number of rotatable bonds is 7. The zero-order valence-electron chi connectivity index (χ0n) is 11.4. The van der Waals surface area contributed by atoms with Crippen LogP contribution in [-0.2, 0) is 14.4 Å². The molecule has 1 fully saturated rings. The van der Waals surface area contributed by atoms with Crippen molar-refractivity contribution in [1.82, 2.24) is 10.2 Å². The molecule has 0 aromatic rings. The highest BCUT2D eigenvalue weighted by atomic mass is 16.4. The lowest BCUT2D eigenvalue weighted by atomic mass is 10.1. The number of carboxylic acid groups (broad SMARTS) is 1. The second kappa shape index (κ2) is 7.76. The molecule has 0 aromatic carbocycles. The van der Waals surface area contributed by atoms with Crippen LogP contribution in [0.1, 0.15) is 45.4 Å². The van der Waals surface area contributed by atoms with Gasteiger partial charge in [0.15, 0.2) is 0 Å². The number of carbonyl (C=O) groups is 3. The number of unbranched alkanes of at least 4 members (excludes halogenated alkanes) is 4. The van der Waals surface area contributed by atoms with E-state index in [4.69, 9.17) is 5.11 Å². The molecule has 19 heavy (non-hydrogen) atoms. The molecule has 1 saturated heterocycles. The lowest BCUT2D eigenvalue weighted by molar-refractivity contribution is -0.154. The molecule has 1 atom stereocenters. The second-order valence-electron chi connectivity index (χ2n) is 4.84. The zero-order chi connectivity index (χ0) is 14.3. The van der Waals surface area contributed by atoms with Crippen molar-refractivity contribution >= 4 is 17.8 Å². The molecule has 108 valence electrons. The van der Waals surface area contributed by atoms with Crippen molar-refractivity contribution in [2.45, 2.75) is 51.5 Å². The minimum absolute atomic E-state index is 0.00422. The summed E-state index contributed by atoms with van der Waals surface area (Å²) in [5.74, 6) is -1.60. The predicted octanol–water partition coefficient (Wildman–Crippen LogP) is 0.758. The van der Waals surface area contributed by atoms with Gasteiger partial charge in [0.25, 0.3) is 0 Å². The molecule has 0 radical (unpaired) electrons. The van der Waals surface area contributed by atoms with Gasteiger partial charge >= 0.3 is 5.97 Å². The second-order valence-corrected chi connectivity index (χ2v) is 4.84. The smallest absolute Gasteiger partial charge is 0.328 e. The Hall–Kier alpha value is -1.59. The van der Waals surface area contributed by atoms with Crippen LogP contribution in [0, 0.1) is 0 Å². The van der Waals surface area contributed by atoms with E-state index in [9.17, 15) is 14.4 Å². The lowest BCUT2D eigenvalue weighted by Gasteiger charge is -2.32. The predicted molar refractivity (Wildman–Crippen MR) is 69.5 cm³/mol. The molecule has 0 aromatic heterocycles. The van der Waals surface area contributed by atoms with E-state index in [1.54, 1.807) is 0 Å². The summed E-state index contributed by atoms with van der Waals surface area (Å²) in [7, 11) is 0. The molecule has 6 nitrogen and oxygen atoms in total. The van der Waals surface area contributed by atoms with Crippen molar-refractivity contribution in [3.8, 4) is 0 Å². The van der Waals surface area contributed by atoms with Crippen LogP contribution in [0.5, 0.6) is 0 Å². The van der Waals surface area contributed by atoms with E-state index in [-0.39, 0.29) is 24.9 Å². The number of carboxylic acids is 1. The van der Waals surface area contributed by atoms with Gasteiger partial charge in [-0.05, 0) is 6.42 Å². The van der Waals surface area contributed by atoms with Crippen molar-refractivity contribution in [3.63, 3.8) is 0 Å². The van der Waals surface area contributed by atoms with Crippen molar-refractivity contribution in [2.24, 2.45) is 0 Å². The van der Waals surface area contributed by atoms with E-state index >= 15 is 0 Å². The van der Waals surface area contributed by atoms with Crippen molar-refractivity contribution in [2.75, 3.05) is 13.1 Å². The molecule has 2 N–H and O–H groups in total. The highest BCUT2D eigenvalue weighted by Crippen LogP contribution is 2.11. The molecule has 0 saturated carbocycles. The fourth-order valence-corrected chi connectivity index (χ4v) is 2.15. The van der Waals surface area contributed by atoms with Gasteiger partial charge in [0.1, 0.15) is 12.6 Å². The Morgan fingerprint density at radius 2 is 2.00 bits per heavy atom. The minimum atomic E-state index is -1.07. The van der Waals surface area contributed by atoms with Gasteiger partial charge in [-0.3, -0.25) is 9.59 Å². The largest absolute Gasteiger partial charge is 0.480 e. The number of piperazine rings is 1. The number of nitrogens with one attached hydrogen (secondary N) is 1. The summed E-state index contributed by atoms with van der Waals surface area (Å²) in [6.07, 6.45) is 5.42. The van der Waals surface area contributed by atoms with Gasteiger partial charge in [0, 0.05) is 13.0 Å².